The lowest BCUT2D eigenvalue weighted by Crippen LogP contribution is -2.52. The standard InChI is InChI=1S/C25H36N6O3S/c1-17-10-12-31(13-11-17)24(32)21(14-18-15-27-25(26)28-16-18)29-35(33,34)23-9-5-6-19-20(23)7-4-8-22(19)30(2)3/h4-9,17-18,21,29H,10-16H2,1-3H3,(H3,26,27,28). The van der Waals surface area contributed by atoms with E-state index in [1.165, 1.54) is 0 Å². The molecule has 0 radical (unpaired) electrons. The molecule has 190 valence electrons. The second kappa shape index (κ2) is 10.4. The Morgan fingerprint density at radius 3 is 2.54 bits per heavy atom. The first-order chi connectivity index (χ1) is 16.7. The minimum absolute atomic E-state index is 0.00414. The number of carbonyl (C=O) groups is 1. The van der Waals surface area contributed by atoms with Gasteiger partial charge in [-0.25, -0.2) is 8.42 Å². The molecule has 2 aliphatic heterocycles. The third-order valence-electron chi connectivity index (χ3n) is 6.98. The van der Waals surface area contributed by atoms with Gasteiger partial charge < -0.3 is 20.9 Å². The molecule has 0 aliphatic carbocycles. The highest BCUT2D eigenvalue weighted by molar-refractivity contribution is 7.89. The van der Waals surface area contributed by atoms with Gasteiger partial charge in [0.25, 0.3) is 0 Å². The molecule has 1 saturated heterocycles. The smallest absolute Gasteiger partial charge is 0.241 e. The predicted octanol–water partition coefficient (Wildman–Crippen LogP) is 1.74. The number of rotatable bonds is 7. The molecule has 10 heteroatoms. The van der Waals surface area contributed by atoms with Crippen LogP contribution in [-0.4, -0.2) is 71.5 Å². The first kappa shape index (κ1) is 25.2. The van der Waals surface area contributed by atoms with Gasteiger partial charge in [-0.15, -0.1) is 0 Å². The number of piperidine rings is 1. The second-order valence-corrected chi connectivity index (χ2v) is 11.6. The van der Waals surface area contributed by atoms with E-state index in [4.69, 9.17) is 5.73 Å². The van der Waals surface area contributed by atoms with E-state index in [-0.39, 0.29) is 16.7 Å². The summed E-state index contributed by atoms with van der Waals surface area (Å²) in [6.07, 6.45) is 2.20. The zero-order valence-electron chi connectivity index (χ0n) is 20.7. The summed E-state index contributed by atoms with van der Waals surface area (Å²) >= 11 is 0. The highest BCUT2D eigenvalue weighted by Gasteiger charge is 2.34. The molecule has 0 aromatic heterocycles. The molecule has 1 fully saturated rings. The molecule has 35 heavy (non-hydrogen) atoms. The molecule has 0 saturated carbocycles. The van der Waals surface area contributed by atoms with E-state index in [0.29, 0.717) is 49.9 Å². The number of hydrogen-bond acceptors (Lipinski definition) is 7. The van der Waals surface area contributed by atoms with Crippen LogP contribution in [0.1, 0.15) is 26.2 Å². The maximum atomic E-state index is 13.7. The molecule has 0 bridgehead atoms. The van der Waals surface area contributed by atoms with Crippen LogP contribution in [0.15, 0.2) is 46.3 Å². The maximum Gasteiger partial charge on any atom is 0.241 e. The van der Waals surface area contributed by atoms with Gasteiger partial charge in [0.05, 0.1) is 4.90 Å². The van der Waals surface area contributed by atoms with Crippen LogP contribution in [0.3, 0.4) is 0 Å². The quantitative estimate of drug-likeness (QED) is 0.533. The number of carbonyl (C=O) groups excluding carboxylic acids is 1. The van der Waals surface area contributed by atoms with Gasteiger partial charge in [-0.3, -0.25) is 9.79 Å². The van der Waals surface area contributed by atoms with Crippen LogP contribution < -0.4 is 20.7 Å². The minimum Gasteiger partial charge on any atom is -0.377 e. The normalized spacial score (nSPS) is 20.3. The lowest BCUT2D eigenvalue weighted by molar-refractivity contribution is -0.134. The Balaban J connectivity index is 1.65. The molecule has 2 heterocycles. The number of amides is 1. The Bertz CT molecular complexity index is 1200. The monoisotopic (exact) mass is 500 g/mol. The van der Waals surface area contributed by atoms with Gasteiger partial charge in [-0.1, -0.05) is 31.2 Å². The molecule has 4 N–H and O–H groups in total. The van der Waals surface area contributed by atoms with Gasteiger partial charge in [0.2, 0.25) is 15.9 Å². The summed E-state index contributed by atoms with van der Waals surface area (Å²) in [4.78, 5) is 21.7. The van der Waals surface area contributed by atoms with Crippen LogP contribution in [0.25, 0.3) is 10.8 Å². The average molecular weight is 501 g/mol. The molecule has 1 amide bonds. The van der Waals surface area contributed by atoms with Crippen LogP contribution in [-0.2, 0) is 14.8 Å². The summed E-state index contributed by atoms with van der Waals surface area (Å²) in [7, 11) is -0.129. The predicted molar refractivity (Wildman–Crippen MR) is 140 cm³/mol. The number of aliphatic imine (C=N–C) groups is 1. The van der Waals surface area contributed by atoms with E-state index in [0.717, 1.165) is 23.9 Å². The number of nitrogens with two attached hydrogens (primary N) is 1. The Morgan fingerprint density at radius 2 is 1.89 bits per heavy atom. The van der Waals surface area contributed by atoms with Crippen LogP contribution in [0.5, 0.6) is 0 Å². The number of likely N-dealkylation sites (tertiary alicyclic amines) is 1. The SMILES string of the molecule is CC1CCN(C(=O)C(CC2CN=C(N)NC2)NS(=O)(=O)c2cccc3c(N(C)C)cccc23)CC1. The van der Waals surface area contributed by atoms with E-state index in [9.17, 15) is 13.2 Å². The Hall–Kier alpha value is -2.85. The molecular weight excluding hydrogens is 464 g/mol. The third kappa shape index (κ3) is 5.70. The largest absolute Gasteiger partial charge is 0.377 e. The van der Waals surface area contributed by atoms with Crippen molar-refractivity contribution in [2.24, 2.45) is 22.6 Å². The van der Waals surface area contributed by atoms with Crippen molar-refractivity contribution in [2.75, 3.05) is 45.2 Å². The molecule has 0 spiro atoms. The number of nitrogens with zero attached hydrogens (tertiary/aromatic N) is 3. The van der Waals surface area contributed by atoms with Crippen molar-refractivity contribution in [1.82, 2.24) is 14.9 Å². The van der Waals surface area contributed by atoms with E-state index >= 15 is 0 Å². The van der Waals surface area contributed by atoms with Crippen molar-refractivity contribution in [2.45, 2.75) is 37.1 Å². The number of sulfonamides is 1. The summed E-state index contributed by atoms with van der Waals surface area (Å²) in [5, 5.41) is 4.49. The fraction of sp³-hybridized carbons (Fsp3) is 0.520. The van der Waals surface area contributed by atoms with E-state index in [1.807, 2.05) is 43.3 Å². The summed E-state index contributed by atoms with van der Waals surface area (Å²) in [5.41, 5.74) is 6.66. The van der Waals surface area contributed by atoms with Crippen molar-refractivity contribution < 1.29 is 13.2 Å². The van der Waals surface area contributed by atoms with Crippen LogP contribution in [0.4, 0.5) is 5.69 Å². The number of hydrogen-bond donors (Lipinski definition) is 3. The number of anilines is 1. The van der Waals surface area contributed by atoms with Crippen LogP contribution in [0.2, 0.25) is 0 Å². The van der Waals surface area contributed by atoms with Gasteiger partial charge in [0.15, 0.2) is 5.96 Å². The summed E-state index contributed by atoms with van der Waals surface area (Å²) in [5.74, 6) is 0.769. The second-order valence-electron chi connectivity index (χ2n) is 9.91. The van der Waals surface area contributed by atoms with Gasteiger partial charge in [0.1, 0.15) is 6.04 Å². The molecule has 9 nitrogen and oxygen atoms in total. The van der Waals surface area contributed by atoms with Gasteiger partial charge >= 0.3 is 0 Å². The number of benzene rings is 2. The van der Waals surface area contributed by atoms with Crippen molar-refractivity contribution in [1.29, 1.82) is 0 Å². The molecule has 2 atom stereocenters. The highest BCUT2D eigenvalue weighted by atomic mass is 32.2. The summed E-state index contributed by atoms with van der Waals surface area (Å²) < 4.78 is 30.2. The number of fused-ring (bicyclic) bond motifs is 1. The maximum absolute atomic E-state index is 13.7. The number of nitrogens with one attached hydrogen (secondary N) is 2. The van der Waals surface area contributed by atoms with Gasteiger partial charge in [0, 0.05) is 56.7 Å². The Morgan fingerprint density at radius 1 is 1.20 bits per heavy atom. The minimum atomic E-state index is -3.98. The average Bonchev–Trinajstić information content (AvgIpc) is 2.84. The Kier molecular flexibility index (Phi) is 7.51. The first-order valence-electron chi connectivity index (χ1n) is 12.2. The van der Waals surface area contributed by atoms with E-state index in [2.05, 4.69) is 22.0 Å². The highest BCUT2D eigenvalue weighted by Crippen LogP contribution is 2.30. The molecule has 2 aliphatic rings. The zero-order chi connectivity index (χ0) is 25.2. The van der Waals surface area contributed by atoms with Crippen molar-refractivity contribution >= 4 is 38.3 Å². The van der Waals surface area contributed by atoms with Crippen molar-refractivity contribution in [3.8, 4) is 0 Å². The van der Waals surface area contributed by atoms with E-state index in [1.54, 1.807) is 17.0 Å². The van der Waals surface area contributed by atoms with Crippen molar-refractivity contribution in [3.05, 3.63) is 36.4 Å². The topological polar surface area (TPSA) is 120 Å². The number of guanidine groups is 1. The molecule has 2 aromatic carbocycles. The fourth-order valence-corrected chi connectivity index (χ4v) is 6.30. The van der Waals surface area contributed by atoms with Gasteiger partial charge in [-0.05, 0) is 43.2 Å². The summed E-state index contributed by atoms with van der Waals surface area (Å²) in [6, 6.07) is 10.0. The fourth-order valence-electron chi connectivity index (χ4n) is 4.88. The van der Waals surface area contributed by atoms with E-state index < -0.39 is 16.1 Å². The third-order valence-corrected chi connectivity index (χ3v) is 8.51. The molecule has 2 aromatic rings. The zero-order valence-corrected chi connectivity index (χ0v) is 21.5. The molecular formula is C25H36N6O3S. The first-order valence-corrected chi connectivity index (χ1v) is 13.7. The lowest BCUT2D eigenvalue weighted by Gasteiger charge is -2.34. The lowest BCUT2D eigenvalue weighted by atomic mass is 9.96. The van der Waals surface area contributed by atoms with Crippen LogP contribution in [0, 0.1) is 11.8 Å². The Labute approximate surface area is 207 Å². The van der Waals surface area contributed by atoms with Crippen molar-refractivity contribution in [3.63, 3.8) is 0 Å². The molecule has 4 rings (SSSR count). The van der Waals surface area contributed by atoms with Gasteiger partial charge in [-0.2, -0.15) is 4.72 Å². The van der Waals surface area contributed by atoms with Crippen LogP contribution >= 0.6 is 0 Å². The molecule has 2 unspecified atom stereocenters. The summed E-state index contributed by atoms with van der Waals surface area (Å²) in [6.45, 7) is 4.49.